The second-order valence-corrected chi connectivity index (χ2v) is 7.03. The molecule has 2 N–H and O–H groups in total. The average Bonchev–Trinajstić information content (AvgIpc) is 3.00. The van der Waals surface area contributed by atoms with Gasteiger partial charge in [-0.1, -0.05) is 18.2 Å². The fourth-order valence-electron chi connectivity index (χ4n) is 4.09. The summed E-state index contributed by atoms with van der Waals surface area (Å²) in [6.45, 7) is 6.79. The van der Waals surface area contributed by atoms with E-state index in [9.17, 15) is 4.79 Å². The summed E-state index contributed by atoms with van der Waals surface area (Å²) in [5, 5.41) is 0. The van der Waals surface area contributed by atoms with E-state index in [0.717, 1.165) is 52.0 Å². The first-order valence-corrected chi connectivity index (χ1v) is 9.08. The number of ether oxygens (including phenoxy) is 1. The lowest BCUT2D eigenvalue weighted by Gasteiger charge is -2.39. The van der Waals surface area contributed by atoms with Gasteiger partial charge in [0.25, 0.3) is 0 Å². The van der Waals surface area contributed by atoms with E-state index in [2.05, 4.69) is 47.1 Å². The van der Waals surface area contributed by atoms with Crippen molar-refractivity contribution in [3.63, 3.8) is 0 Å². The molecule has 0 bridgehead atoms. The number of likely N-dealkylation sites (tertiary alicyclic amines) is 1. The van der Waals surface area contributed by atoms with Crippen LogP contribution in [0.5, 0.6) is 0 Å². The van der Waals surface area contributed by atoms with Gasteiger partial charge in [0, 0.05) is 38.3 Å². The molecular formula is C19H29N3O2. The summed E-state index contributed by atoms with van der Waals surface area (Å²) in [5.41, 5.74) is 6.56. The number of benzene rings is 1. The fraction of sp³-hybridized carbons (Fsp3) is 0.632. The summed E-state index contributed by atoms with van der Waals surface area (Å²) >= 11 is 0. The first-order valence-electron chi connectivity index (χ1n) is 9.08. The molecule has 2 fully saturated rings. The number of para-hydroxylation sites is 1. The van der Waals surface area contributed by atoms with Crippen LogP contribution in [-0.4, -0.2) is 55.2 Å². The van der Waals surface area contributed by atoms with Crippen molar-refractivity contribution < 1.29 is 9.53 Å². The van der Waals surface area contributed by atoms with E-state index < -0.39 is 0 Å². The van der Waals surface area contributed by atoms with Crippen molar-refractivity contribution in [2.24, 2.45) is 5.73 Å². The number of anilines is 1. The average molecular weight is 331 g/mol. The molecule has 0 aromatic heterocycles. The van der Waals surface area contributed by atoms with Crippen LogP contribution in [0.3, 0.4) is 0 Å². The summed E-state index contributed by atoms with van der Waals surface area (Å²) in [6.07, 6.45) is 3.65. The number of primary amides is 1. The van der Waals surface area contributed by atoms with Crippen molar-refractivity contribution in [2.75, 3.05) is 37.7 Å². The molecule has 2 saturated heterocycles. The van der Waals surface area contributed by atoms with Gasteiger partial charge in [0.15, 0.2) is 0 Å². The number of hydrogen-bond acceptors (Lipinski definition) is 4. The van der Waals surface area contributed by atoms with E-state index in [-0.39, 0.29) is 11.5 Å². The van der Waals surface area contributed by atoms with E-state index in [1.165, 1.54) is 5.69 Å². The lowest BCUT2D eigenvalue weighted by atomic mass is 9.87. The third-order valence-electron chi connectivity index (χ3n) is 5.50. The fourth-order valence-corrected chi connectivity index (χ4v) is 4.09. The Morgan fingerprint density at radius 3 is 2.67 bits per heavy atom. The van der Waals surface area contributed by atoms with Crippen LogP contribution in [0.1, 0.15) is 32.6 Å². The van der Waals surface area contributed by atoms with Gasteiger partial charge in [-0.15, -0.1) is 0 Å². The molecule has 1 aromatic carbocycles. The molecule has 3 rings (SSSR count). The van der Waals surface area contributed by atoms with Crippen molar-refractivity contribution in [3.05, 3.63) is 30.3 Å². The van der Waals surface area contributed by atoms with Gasteiger partial charge in [-0.2, -0.15) is 0 Å². The molecule has 1 aromatic rings. The maximum atomic E-state index is 10.9. The zero-order chi connectivity index (χ0) is 17.0. The van der Waals surface area contributed by atoms with Gasteiger partial charge in [-0.3, -0.25) is 4.79 Å². The number of rotatable bonds is 6. The van der Waals surface area contributed by atoms with E-state index in [4.69, 9.17) is 10.5 Å². The molecule has 5 nitrogen and oxygen atoms in total. The minimum Gasteiger partial charge on any atom is -0.373 e. The van der Waals surface area contributed by atoms with Crippen molar-refractivity contribution in [1.29, 1.82) is 0 Å². The quantitative estimate of drug-likeness (QED) is 0.866. The van der Waals surface area contributed by atoms with Gasteiger partial charge in [-0.25, -0.2) is 0 Å². The Labute approximate surface area is 144 Å². The molecule has 0 radical (unpaired) electrons. The Bertz CT molecular complexity index is 541. The Kier molecular flexibility index (Phi) is 5.41. The van der Waals surface area contributed by atoms with Gasteiger partial charge in [0.1, 0.15) is 0 Å². The number of nitrogens with two attached hydrogens (primary N) is 1. The van der Waals surface area contributed by atoms with Crippen molar-refractivity contribution >= 4 is 11.6 Å². The molecule has 5 heteroatoms. The number of amides is 1. The lowest BCUT2D eigenvalue weighted by Crippen LogP contribution is -2.45. The Hall–Kier alpha value is -1.59. The van der Waals surface area contributed by atoms with Crippen molar-refractivity contribution in [3.8, 4) is 0 Å². The molecule has 2 heterocycles. The van der Waals surface area contributed by atoms with Gasteiger partial charge in [0.2, 0.25) is 5.91 Å². The predicted octanol–water partition coefficient (Wildman–Crippen LogP) is 2.01. The third kappa shape index (κ3) is 3.90. The second-order valence-electron chi connectivity index (χ2n) is 7.03. The minimum absolute atomic E-state index is 0.0239. The first-order chi connectivity index (χ1) is 11.6. The summed E-state index contributed by atoms with van der Waals surface area (Å²) in [7, 11) is 0. The summed E-state index contributed by atoms with van der Waals surface area (Å²) < 4.78 is 6.31. The van der Waals surface area contributed by atoms with E-state index in [0.29, 0.717) is 12.5 Å². The maximum Gasteiger partial charge on any atom is 0.218 e. The molecule has 2 aliphatic rings. The smallest absolute Gasteiger partial charge is 0.218 e. The van der Waals surface area contributed by atoms with Crippen molar-refractivity contribution in [2.45, 2.75) is 44.2 Å². The number of hydrogen-bond donors (Lipinski definition) is 1. The van der Waals surface area contributed by atoms with Crippen LogP contribution >= 0.6 is 0 Å². The number of likely N-dealkylation sites (N-methyl/N-ethyl adjacent to an activating group) is 1. The highest BCUT2D eigenvalue weighted by molar-refractivity contribution is 5.73. The number of piperidine rings is 1. The molecule has 1 amide bonds. The highest BCUT2D eigenvalue weighted by Gasteiger charge is 2.44. The highest BCUT2D eigenvalue weighted by Crippen LogP contribution is 2.38. The van der Waals surface area contributed by atoms with Crippen LogP contribution in [0, 0.1) is 0 Å². The standard InChI is InChI=1S/C19H29N3O2/c1-2-22(16-6-4-3-5-7-16)17-14-19(24-15-17)9-12-21(13-10-19)11-8-18(20)23/h3-7,17H,2,8-15H2,1H3,(H2,20,23)/t17-/m0/s1. The van der Waals surface area contributed by atoms with Gasteiger partial charge < -0.3 is 20.3 Å². The first kappa shape index (κ1) is 17.2. The Balaban J connectivity index is 1.56. The molecule has 1 atom stereocenters. The normalized spacial score (nSPS) is 23.5. The SMILES string of the molecule is CCN(c1ccccc1)[C@@H]1COC2(CCN(CCC(N)=O)CC2)C1. The Morgan fingerprint density at radius 2 is 2.04 bits per heavy atom. The van der Waals surface area contributed by atoms with Crippen LogP contribution < -0.4 is 10.6 Å². The Morgan fingerprint density at radius 1 is 1.33 bits per heavy atom. The number of nitrogens with zero attached hydrogens (tertiary/aromatic N) is 2. The molecule has 2 aliphatic heterocycles. The topological polar surface area (TPSA) is 58.8 Å². The molecule has 0 saturated carbocycles. The van der Waals surface area contributed by atoms with Crippen LogP contribution in [0.4, 0.5) is 5.69 Å². The molecule has 0 unspecified atom stereocenters. The van der Waals surface area contributed by atoms with E-state index in [1.54, 1.807) is 0 Å². The zero-order valence-corrected chi connectivity index (χ0v) is 14.6. The zero-order valence-electron chi connectivity index (χ0n) is 14.6. The molecular weight excluding hydrogens is 302 g/mol. The van der Waals surface area contributed by atoms with Gasteiger partial charge >= 0.3 is 0 Å². The summed E-state index contributed by atoms with van der Waals surface area (Å²) in [4.78, 5) is 15.7. The largest absolute Gasteiger partial charge is 0.373 e. The van der Waals surface area contributed by atoms with Crippen molar-refractivity contribution in [1.82, 2.24) is 4.90 Å². The molecule has 0 aliphatic carbocycles. The number of carbonyl (C=O) groups is 1. The minimum atomic E-state index is -0.214. The van der Waals surface area contributed by atoms with E-state index in [1.807, 2.05) is 0 Å². The highest BCUT2D eigenvalue weighted by atomic mass is 16.5. The molecule has 132 valence electrons. The predicted molar refractivity (Wildman–Crippen MR) is 96.0 cm³/mol. The molecule has 1 spiro atoms. The third-order valence-corrected chi connectivity index (χ3v) is 5.50. The second kappa shape index (κ2) is 7.53. The van der Waals surface area contributed by atoms with Crippen LogP contribution in [0.2, 0.25) is 0 Å². The molecule has 24 heavy (non-hydrogen) atoms. The number of carbonyl (C=O) groups excluding carboxylic acids is 1. The van der Waals surface area contributed by atoms with E-state index >= 15 is 0 Å². The van der Waals surface area contributed by atoms with Crippen LogP contribution in [0.25, 0.3) is 0 Å². The van der Waals surface area contributed by atoms with Gasteiger partial charge in [-0.05, 0) is 38.3 Å². The van der Waals surface area contributed by atoms with Crippen LogP contribution in [0.15, 0.2) is 30.3 Å². The maximum absolute atomic E-state index is 10.9. The lowest BCUT2D eigenvalue weighted by molar-refractivity contribution is -0.118. The summed E-state index contributed by atoms with van der Waals surface area (Å²) in [6, 6.07) is 11.1. The van der Waals surface area contributed by atoms with Gasteiger partial charge in [0.05, 0.1) is 18.2 Å². The van der Waals surface area contributed by atoms with Crippen LogP contribution in [-0.2, 0) is 9.53 Å². The summed E-state index contributed by atoms with van der Waals surface area (Å²) in [5.74, 6) is -0.214. The monoisotopic (exact) mass is 331 g/mol.